The summed E-state index contributed by atoms with van der Waals surface area (Å²) in [5.74, 6) is -1.76. The fourth-order valence-corrected chi connectivity index (χ4v) is 3.45. The first-order valence-corrected chi connectivity index (χ1v) is 9.22. The van der Waals surface area contributed by atoms with Crippen molar-refractivity contribution in [1.29, 1.82) is 0 Å². The van der Waals surface area contributed by atoms with E-state index in [2.05, 4.69) is 10.4 Å². The van der Waals surface area contributed by atoms with Crippen LogP contribution in [-0.2, 0) is 11.3 Å². The molecule has 3 aromatic rings. The van der Waals surface area contributed by atoms with Gasteiger partial charge in [0.05, 0.1) is 4.92 Å². The standard InChI is InChI=1S/C19H16N4O5S/c1-12-2-4-15(5-3-12)29-16-9-13(8-14(10-16)23(27)28)21-19(26)17-6-7-20-22(17)11-18(24)25/h2-10H,11H2,1H3,(H,21,26)(H,24,25). The molecule has 0 atom stereocenters. The number of aryl methyl sites for hydroxylation is 1. The molecule has 0 spiro atoms. The molecule has 0 bridgehead atoms. The summed E-state index contributed by atoms with van der Waals surface area (Å²) in [5.41, 5.74) is 1.18. The zero-order valence-corrected chi connectivity index (χ0v) is 16.0. The summed E-state index contributed by atoms with van der Waals surface area (Å²) in [6.45, 7) is 1.49. The SMILES string of the molecule is Cc1ccc(Sc2cc(NC(=O)c3ccnn3CC(=O)O)cc([N+](=O)[O-])c2)cc1. The summed E-state index contributed by atoms with van der Waals surface area (Å²) < 4.78 is 1.04. The van der Waals surface area contributed by atoms with E-state index in [0.717, 1.165) is 15.1 Å². The van der Waals surface area contributed by atoms with E-state index < -0.39 is 23.3 Å². The number of carbonyl (C=O) groups excluding carboxylic acids is 1. The van der Waals surface area contributed by atoms with Crippen LogP contribution in [0, 0.1) is 17.0 Å². The first-order valence-electron chi connectivity index (χ1n) is 8.41. The van der Waals surface area contributed by atoms with Crippen LogP contribution in [0.5, 0.6) is 0 Å². The number of aromatic nitrogens is 2. The van der Waals surface area contributed by atoms with E-state index in [1.807, 2.05) is 31.2 Å². The molecule has 0 aliphatic rings. The molecule has 1 aromatic heterocycles. The minimum absolute atomic E-state index is 0.0339. The summed E-state index contributed by atoms with van der Waals surface area (Å²) in [6.07, 6.45) is 1.31. The zero-order chi connectivity index (χ0) is 21.0. The van der Waals surface area contributed by atoms with Crippen molar-refractivity contribution >= 4 is 35.0 Å². The highest BCUT2D eigenvalue weighted by Crippen LogP contribution is 2.33. The highest BCUT2D eigenvalue weighted by molar-refractivity contribution is 7.99. The Morgan fingerprint density at radius 1 is 1.17 bits per heavy atom. The molecule has 1 heterocycles. The second kappa shape index (κ2) is 8.57. The number of nitrogens with zero attached hydrogens (tertiary/aromatic N) is 3. The average Bonchev–Trinajstić information content (AvgIpc) is 3.11. The number of nitro groups is 1. The van der Waals surface area contributed by atoms with Gasteiger partial charge in [0.25, 0.3) is 11.6 Å². The maximum absolute atomic E-state index is 12.5. The molecule has 148 valence electrons. The van der Waals surface area contributed by atoms with Crippen LogP contribution in [0.15, 0.2) is 64.5 Å². The molecule has 0 radical (unpaired) electrons. The topological polar surface area (TPSA) is 127 Å². The van der Waals surface area contributed by atoms with Gasteiger partial charge < -0.3 is 10.4 Å². The van der Waals surface area contributed by atoms with Crippen LogP contribution >= 0.6 is 11.8 Å². The fraction of sp³-hybridized carbons (Fsp3) is 0.105. The molecule has 0 aliphatic carbocycles. The number of carbonyl (C=O) groups is 2. The first kappa shape index (κ1) is 20.1. The number of anilines is 1. The summed E-state index contributed by atoms with van der Waals surface area (Å²) in [5, 5.41) is 26.6. The van der Waals surface area contributed by atoms with Crippen molar-refractivity contribution in [1.82, 2.24) is 9.78 Å². The Kier molecular flexibility index (Phi) is 5.93. The van der Waals surface area contributed by atoms with Crippen molar-refractivity contribution in [2.24, 2.45) is 0 Å². The minimum Gasteiger partial charge on any atom is -0.480 e. The molecule has 0 aliphatic heterocycles. The molecule has 0 fully saturated rings. The fourth-order valence-electron chi connectivity index (χ4n) is 2.54. The Morgan fingerprint density at radius 3 is 2.55 bits per heavy atom. The average molecular weight is 412 g/mol. The van der Waals surface area contributed by atoms with Crippen LogP contribution in [0.1, 0.15) is 16.1 Å². The first-order chi connectivity index (χ1) is 13.8. The van der Waals surface area contributed by atoms with Crippen LogP contribution in [-0.4, -0.2) is 31.7 Å². The summed E-state index contributed by atoms with van der Waals surface area (Å²) in [4.78, 5) is 35.6. The molecular weight excluding hydrogens is 396 g/mol. The van der Waals surface area contributed by atoms with Crippen molar-refractivity contribution in [2.75, 3.05) is 5.32 Å². The Morgan fingerprint density at radius 2 is 1.90 bits per heavy atom. The predicted octanol–water partition coefficient (Wildman–Crippen LogP) is 3.59. The number of rotatable bonds is 7. The molecule has 3 rings (SSSR count). The Bertz CT molecular complexity index is 1080. The summed E-state index contributed by atoms with van der Waals surface area (Å²) in [6, 6.07) is 13.3. The number of benzene rings is 2. The van der Waals surface area contributed by atoms with Crippen LogP contribution in [0.2, 0.25) is 0 Å². The van der Waals surface area contributed by atoms with Gasteiger partial charge in [-0.15, -0.1) is 0 Å². The van der Waals surface area contributed by atoms with Crippen LogP contribution in [0.3, 0.4) is 0 Å². The maximum Gasteiger partial charge on any atom is 0.325 e. The molecule has 0 saturated heterocycles. The molecule has 2 N–H and O–H groups in total. The van der Waals surface area contributed by atoms with Gasteiger partial charge in [0.2, 0.25) is 0 Å². The highest BCUT2D eigenvalue weighted by Gasteiger charge is 2.17. The van der Waals surface area contributed by atoms with Gasteiger partial charge in [-0.3, -0.25) is 19.7 Å². The largest absolute Gasteiger partial charge is 0.480 e. The van der Waals surface area contributed by atoms with E-state index in [4.69, 9.17) is 5.11 Å². The van der Waals surface area contributed by atoms with E-state index in [1.54, 1.807) is 6.07 Å². The van der Waals surface area contributed by atoms with Crippen molar-refractivity contribution < 1.29 is 19.6 Å². The van der Waals surface area contributed by atoms with Gasteiger partial charge in [-0.1, -0.05) is 29.5 Å². The number of carboxylic acid groups (broad SMARTS) is 1. The van der Waals surface area contributed by atoms with Gasteiger partial charge in [0, 0.05) is 33.8 Å². The van der Waals surface area contributed by atoms with Crippen molar-refractivity contribution in [2.45, 2.75) is 23.3 Å². The summed E-state index contributed by atoms with van der Waals surface area (Å²) >= 11 is 1.33. The molecule has 1 amide bonds. The van der Waals surface area contributed by atoms with Gasteiger partial charge in [-0.2, -0.15) is 5.10 Å². The molecular formula is C19H16N4O5S. The molecule has 0 saturated carbocycles. The normalized spacial score (nSPS) is 10.5. The highest BCUT2D eigenvalue weighted by atomic mass is 32.2. The molecule has 2 aromatic carbocycles. The third-order valence-corrected chi connectivity index (χ3v) is 4.83. The third kappa shape index (κ3) is 5.20. The lowest BCUT2D eigenvalue weighted by molar-refractivity contribution is -0.385. The van der Waals surface area contributed by atoms with Gasteiger partial charge in [-0.25, -0.2) is 4.68 Å². The van der Waals surface area contributed by atoms with Crippen LogP contribution < -0.4 is 5.32 Å². The number of aliphatic carboxylic acids is 1. The molecule has 29 heavy (non-hydrogen) atoms. The molecule has 10 heteroatoms. The van der Waals surface area contributed by atoms with Gasteiger partial charge >= 0.3 is 5.97 Å². The van der Waals surface area contributed by atoms with Crippen molar-refractivity contribution in [3.63, 3.8) is 0 Å². The summed E-state index contributed by atoms with van der Waals surface area (Å²) in [7, 11) is 0. The number of carboxylic acids is 1. The predicted molar refractivity (Wildman–Crippen MR) is 106 cm³/mol. The number of nitrogens with one attached hydrogen (secondary N) is 1. The second-order valence-electron chi connectivity index (χ2n) is 6.11. The van der Waals surface area contributed by atoms with E-state index in [-0.39, 0.29) is 17.1 Å². The molecule has 0 unspecified atom stereocenters. The van der Waals surface area contributed by atoms with Gasteiger partial charge in [-0.05, 0) is 31.2 Å². The Labute approximate surface area is 169 Å². The molecule has 9 nitrogen and oxygen atoms in total. The minimum atomic E-state index is -1.14. The Hall–Kier alpha value is -3.66. The number of hydrogen-bond acceptors (Lipinski definition) is 6. The van der Waals surface area contributed by atoms with E-state index in [9.17, 15) is 19.7 Å². The lowest BCUT2D eigenvalue weighted by atomic mass is 10.2. The Balaban J connectivity index is 1.86. The van der Waals surface area contributed by atoms with E-state index >= 15 is 0 Å². The lowest BCUT2D eigenvalue weighted by Crippen LogP contribution is -2.20. The van der Waals surface area contributed by atoms with Crippen molar-refractivity contribution in [3.8, 4) is 0 Å². The smallest absolute Gasteiger partial charge is 0.325 e. The van der Waals surface area contributed by atoms with Crippen molar-refractivity contribution in [3.05, 3.63) is 76.1 Å². The van der Waals surface area contributed by atoms with Gasteiger partial charge in [0.1, 0.15) is 12.2 Å². The van der Waals surface area contributed by atoms with Gasteiger partial charge in [0.15, 0.2) is 0 Å². The maximum atomic E-state index is 12.5. The monoisotopic (exact) mass is 412 g/mol. The van der Waals surface area contributed by atoms with Crippen LogP contribution in [0.25, 0.3) is 0 Å². The second-order valence-corrected chi connectivity index (χ2v) is 7.26. The number of hydrogen-bond donors (Lipinski definition) is 2. The zero-order valence-electron chi connectivity index (χ0n) is 15.2. The van der Waals surface area contributed by atoms with E-state index in [1.165, 1.54) is 36.2 Å². The van der Waals surface area contributed by atoms with Crippen LogP contribution in [0.4, 0.5) is 11.4 Å². The third-order valence-electron chi connectivity index (χ3n) is 3.85. The van der Waals surface area contributed by atoms with E-state index in [0.29, 0.717) is 4.90 Å². The lowest BCUT2D eigenvalue weighted by Gasteiger charge is -2.09. The number of non-ortho nitro benzene ring substituents is 1. The number of nitro benzene ring substituents is 1. The quantitative estimate of drug-likeness (QED) is 0.448. The number of amides is 1.